The fourth-order valence-corrected chi connectivity index (χ4v) is 5.57. The molecular formula is C25H28O11. The van der Waals surface area contributed by atoms with Crippen molar-refractivity contribution in [1.29, 1.82) is 0 Å². The number of hydrogen-bond donors (Lipinski definition) is 0. The van der Waals surface area contributed by atoms with E-state index >= 15 is 0 Å². The maximum atomic E-state index is 13.1. The maximum absolute atomic E-state index is 13.1. The zero-order valence-electron chi connectivity index (χ0n) is 20.7. The second kappa shape index (κ2) is 8.17. The van der Waals surface area contributed by atoms with Gasteiger partial charge in [-0.15, -0.1) is 0 Å². The van der Waals surface area contributed by atoms with Crippen molar-refractivity contribution in [3.05, 3.63) is 35.3 Å². The summed E-state index contributed by atoms with van der Waals surface area (Å²) in [6.07, 6.45) is -3.87. The molecule has 0 saturated carbocycles. The minimum Gasteiger partial charge on any atom is -0.466 e. The fourth-order valence-electron chi connectivity index (χ4n) is 5.57. The number of aryl methyl sites for hydroxylation is 1. The zero-order chi connectivity index (χ0) is 26.2. The second-order valence-electron chi connectivity index (χ2n) is 9.97. The molecular weight excluding hydrogens is 476 g/mol. The van der Waals surface area contributed by atoms with E-state index in [1.807, 2.05) is 6.92 Å². The molecule has 194 valence electrons. The third kappa shape index (κ3) is 3.72. The number of fused-ring (bicyclic) bond motifs is 4. The summed E-state index contributed by atoms with van der Waals surface area (Å²) in [5.74, 6) is -2.93. The summed E-state index contributed by atoms with van der Waals surface area (Å²) >= 11 is 0. The van der Waals surface area contributed by atoms with Gasteiger partial charge in [0.25, 0.3) is 0 Å². The van der Waals surface area contributed by atoms with Crippen molar-refractivity contribution in [2.24, 2.45) is 5.92 Å². The Bertz CT molecular complexity index is 1170. The number of carbonyl (C=O) groups excluding carboxylic acids is 4. The van der Waals surface area contributed by atoms with E-state index in [0.717, 1.165) is 0 Å². The van der Waals surface area contributed by atoms with E-state index in [2.05, 4.69) is 6.58 Å². The summed E-state index contributed by atoms with van der Waals surface area (Å²) in [5, 5.41) is 0. The van der Waals surface area contributed by atoms with Crippen LogP contribution in [0.25, 0.3) is 0 Å². The van der Waals surface area contributed by atoms with Crippen LogP contribution in [-0.4, -0.2) is 60.5 Å². The van der Waals surface area contributed by atoms with Crippen LogP contribution >= 0.6 is 0 Å². The molecule has 0 amide bonds. The lowest BCUT2D eigenvalue weighted by Gasteiger charge is -2.30. The largest absolute Gasteiger partial charge is 0.466 e. The van der Waals surface area contributed by atoms with Gasteiger partial charge in [0.1, 0.15) is 41.5 Å². The lowest BCUT2D eigenvalue weighted by molar-refractivity contribution is -0.168. The van der Waals surface area contributed by atoms with Gasteiger partial charge in [0, 0.05) is 31.8 Å². The molecule has 11 heteroatoms. The molecule has 0 aromatic carbocycles. The summed E-state index contributed by atoms with van der Waals surface area (Å²) in [5.41, 5.74) is -1.64. The number of ether oxygens (including phenoxy) is 6. The Morgan fingerprint density at radius 2 is 1.83 bits per heavy atom. The minimum absolute atomic E-state index is 0.0582. The predicted octanol–water partition coefficient (Wildman–Crippen LogP) is 2.16. The number of furan rings is 1. The highest BCUT2D eigenvalue weighted by molar-refractivity contribution is 5.89. The molecule has 3 fully saturated rings. The lowest BCUT2D eigenvalue weighted by Crippen LogP contribution is -2.43. The lowest BCUT2D eigenvalue weighted by atomic mass is 9.81. The summed E-state index contributed by atoms with van der Waals surface area (Å²) < 4.78 is 39.8. The highest BCUT2D eigenvalue weighted by atomic mass is 16.7. The van der Waals surface area contributed by atoms with Crippen LogP contribution in [0, 0.1) is 12.8 Å². The molecule has 1 aromatic heterocycles. The van der Waals surface area contributed by atoms with Gasteiger partial charge in [-0.1, -0.05) is 6.58 Å². The smallest absolute Gasteiger partial charge is 0.345 e. The maximum Gasteiger partial charge on any atom is 0.345 e. The molecule has 1 aromatic rings. The van der Waals surface area contributed by atoms with E-state index in [1.54, 1.807) is 13.0 Å². The summed E-state index contributed by atoms with van der Waals surface area (Å²) in [6.45, 7) is 9.96. The van der Waals surface area contributed by atoms with Crippen LogP contribution in [0.15, 0.2) is 22.6 Å². The van der Waals surface area contributed by atoms with Crippen molar-refractivity contribution in [2.45, 2.75) is 82.3 Å². The van der Waals surface area contributed by atoms with Gasteiger partial charge < -0.3 is 32.8 Å². The third-order valence-electron chi connectivity index (χ3n) is 7.39. The summed E-state index contributed by atoms with van der Waals surface area (Å²) in [4.78, 5) is 50.0. The number of methoxy groups -OCH3 is 1. The van der Waals surface area contributed by atoms with E-state index in [0.29, 0.717) is 17.7 Å². The van der Waals surface area contributed by atoms with Crippen molar-refractivity contribution in [2.75, 3.05) is 7.11 Å². The van der Waals surface area contributed by atoms with Crippen LogP contribution < -0.4 is 0 Å². The van der Waals surface area contributed by atoms with Crippen LogP contribution in [0.3, 0.4) is 0 Å². The van der Waals surface area contributed by atoms with Crippen LogP contribution in [0.4, 0.5) is 0 Å². The van der Waals surface area contributed by atoms with E-state index in [-0.39, 0.29) is 17.8 Å². The molecule has 0 radical (unpaired) electrons. The molecule has 8 atom stereocenters. The first kappa shape index (κ1) is 24.5. The number of carbonyl (C=O) groups is 4. The van der Waals surface area contributed by atoms with Crippen LogP contribution in [0.1, 0.15) is 62.9 Å². The van der Waals surface area contributed by atoms with Crippen molar-refractivity contribution in [1.82, 2.24) is 0 Å². The Balaban J connectivity index is 1.66. The molecule has 36 heavy (non-hydrogen) atoms. The molecule has 0 aliphatic carbocycles. The monoisotopic (exact) mass is 504 g/mol. The Hall–Kier alpha value is -3.18. The Morgan fingerprint density at radius 1 is 1.14 bits per heavy atom. The quantitative estimate of drug-likeness (QED) is 0.257. The van der Waals surface area contributed by atoms with Gasteiger partial charge in [-0.25, -0.2) is 9.59 Å². The average molecular weight is 504 g/mol. The van der Waals surface area contributed by atoms with Gasteiger partial charge in [-0.05, 0) is 31.9 Å². The normalized spacial score (nSPS) is 38.1. The molecule has 5 rings (SSSR count). The zero-order valence-corrected chi connectivity index (χ0v) is 20.7. The van der Waals surface area contributed by atoms with E-state index in [4.69, 9.17) is 32.8 Å². The van der Waals surface area contributed by atoms with Gasteiger partial charge in [0.2, 0.25) is 5.60 Å². The number of epoxide rings is 2. The number of rotatable bonds is 4. The summed E-state index contributed by atoms with van der Waals surface area (Å²) in [7, 11) is 1.19. The molecule has 5 unspecified atom stereocenters. The van der Waals surface area contributed by atoms with E-state index < -0.39 is 71.5 Å². The standard InChI is InChI=1S/C25H28O11/c1-10-7-15-20-24(5,35-20)9-16-21-25(36-21,23(29)34-16)17(31-12(3)26)8-14(11(2)22(28)30-6)19(18(10)33-15)32-13(4)27/h7,14,16-17,19-21H,2,8-9H2,1,3-6H3/t14-,16-,17?,19-,20?,21?,24?,25?/m1/s1. The molecule has 11 nitrogen and oxygen atoms in total. The molecule has 4 aliphatic rings. The molecule has 0 N–H and O–H groups in total. The van der Waals surface area contributed by atoms with Gasteiger partial charge >= 0.3 is 23.9 Å². The Morgan fingerprint density at radius 3 is 2.44 bits per heavy atom. The molecule has 4 aliphatic heterocycles. The predicted molar refractivity (Wildman–Crippen MR) is 117 cm³/mol. The van der Waals surface area contributed by atoms with Crippen molar-refractivity contribution in [3.63, 3.8) is 0 Å². The van der Waals surface area contributed by atoms with Crippen molar-refractivity contribution < 1.29 is 52.0 Å². The second-order valence-corrected chi connectivity index (χ2v) is 9.97. The van der Waals surface area contributed by atoms with Crippen molar-refractivity contribution >= 4 is 23.9 Å². The number of hydrogen-bond acceptors (Lipinski definition) is 11. The molecule has 0 spiro atoms. The fraction of sp³-hybridized carbons (Fsp3) is 0.600. The van der Waals surface area contributed by atoms with E-state index in [9.17, 15) is 19.2 Å². The minimum atomic E-state index is -1.55. The van der Waals surface area contributed by atoms with Gasteiger partial charge in [0.15, 0.2) is 6.10 Å². The van der Waals surface area contributed by atoms with Crippen LogP contribution in [0.5, 0.6) is 0 Å². The summed E-state index contributed by atoms with van der Waals surface area (Å²) in [6, 6.07) is 1.79. The highest BCUT2D eigenvalue weighted by Crippen LogP contribution is 2.60. The van der Waals surface area contributed by atoms with Crippen LogP contribution in [0.2, 0.25) is 0 Å². The SMILES string of the molecule is C=C(C(=O)OC)[C@H]1CC(OC(C)=O)C23OC2[C@@H](CC2(C)OC2c2cc(C)c(o2)[C@@H]1OC(C)=O)OC3=O. The van der Waals surface area contributed by atoms with Crippen molar-refractivity contribution in [3.8, 4) is 0 Å². The first-order valence-electron chi connectivity index (χ1n) is 11.7. The van der Waals surface area contributed by atoms with Gasteiger partial charge in [-0.2, -0.15) is 0 Å². The van der Waals surface area contributed by atoms with Gasteiger partial charge in [-0.3, -0.25) is 9.59 Å². The van der Waals surface area contributed by atoms with Gasteiger partial charge in [0.05, 0.1) is 7.11 Å². The topological polar surface area (TPSA) is 143 Å². The highest BCUT2D eigenvalue weighted by Gasteiger charge is 2.79. The van der Waals surface area contributed by atoms with E-state index in [1.165, 1.54) is 21.0 Å². The number of esters is 4. The Labute approximate surface area is 207 Å². The Kier molecular flexibility index (Phi) is 5.56. The molecule has 3 saturated heterocycles. The molecule has 4 bridgehead atoms. The third-order valence-corrected chi connectivity index (χ3v) is 7.39. The average Bonchev–Trinajstić information content (AvgIpc) is 3.63. The molecule has 5 heterocycles. The first-order chi connectivity index (χ1) is 16.9. The first-order valence-corrected chi connectivity index (χ1v) is 11.7. The van der Waals surface area contributed by atoms with Crippen LogP contribution in [-0.2, 0) is 47.6 Å².